The summed E-state index contributed by atoms with van der Waals surface area (Å²) in [4.78, 5) is 16.2. The number of carbonyl (C=O) groups excluding carboxylic acids is 1. The minimum Gasteiger partial charge on any atom is -0.353 e. The van der Waals surface area contributed by atoms with E-state index in [9.17, 15) is 4.79 Å². The highest BCUT2D eigenvalue weighted by atomic mass is 35.5. The summed E-state index contributed by atoms with van der Waals surface area (Å²) in [5, 5.41) is 6.22. The molecule has 3 nitrogen and oxygen atoms in total. The van der Waals surface area contributed by atoms with Gasteiger partial charge in [-0.2, -0.15) is 0 Å². The third-order valence-corrected chi connectivity index (χ3v) is 5.89. The van der Waals surface area contributed by atoms with Crippen LogP contribution >= 0.6 is 46.3 Å². The molecule has 7 heteroatoms. The summed E-state index contributed by atoms with van der Waals surface area (Å²) >= 11 is 15.2. The number of benzene rings is 1. The van der Waals surface area contributed by atoms with Crippen molar-refractivity contribution in [2.45, 2.75) is 35.4 Å². The van der Waals surface area contributed by atoms with Crippen molar-refractivity contribution < 1.29 is 4.79 Å². The lowest BCUT2D eigenvalue weighted by molar-refractivity contribution is -0.120. The van der Waals surface area contributed by atoms with Crippen molar-refractivity contribution in [3.8, 4) is 0 Å². The van der Waals surface area contributed by atoms with Crippen LogP contribution in [-0.2, 0) is 17.0 Å². The average Bonchev–Trinajstić information content (AvgIpc) is 3.16. The maximum Gasteiger partial charge on any atom is 0.226 e. The van der Waals surface area contributed by atoms with E-state index < -0.39 is 0 Å². The molecule has 1 aliphatic carbocycles. The molecular weight excluding hydrogens is 359 g/mol. The summed E-state index contributed by atoms with van der Waals surface area (Å²) < 4.78 is 0.945. The summed E-state index contributed by atoms with van der Waals surface area (Å²) in [6.45, 7) is 0. The van der Waals surface area contributed by atoms with Crippen LogP contribution in [0.1, 0.15) is 24.1 Å². The number of hydrogen-bond acceptors (Lipinski definition) is 4. The number of nitrogens with zero attached hydrogens (tertiary/aromatic N) is 1. The maximum atomic E-state index is 11.7. The molecule has 1 aromatic carbocycles. The molecule has 0 atom stereocenters. The Labute approximate surface area is 147 Å². The van der Waals surface area contributed by atoms with E-state index in [-0.39, 0.29) is 5.91 Å². The van der Waals surface area contributed by atoms with Gasteiger partial charge in [-0.05, 0) is 30.5 Å². The van der Waals surface area contributed by atoms with Crippen molar-refractivity contribution in [3.63, 3.8) is 0 Å². The number of thiazole rings is 1. The van der Waals surface area contributed by atoms with Gasteiger partial charge in [0.05, 0.1) is 12.1 Å². The highest BCUT2D eigenvalue weighted by Gasteiger charge is 2.23. The number of hydrogen-bond donors (Lipinski definition) is 1. The first-order chi connectivity index (χ1) is 10.6. The minimum atomic E-state index is 0.0603. The molecule has 0 spiro atoms. The first-order valence-electron chi connectivity index (χ1n) is 6.90. The third-order valence-electron chi connectivity index (χ3n) is 3.18. The molecule has 3 rings (SSSR count). The van der Waals surface area contributed by atoms with Crippen LogP contribution < -0.4 is 5.32 Å². The zero-order chi connectivity index (χ0) is 15.5. The Morgan fingerprint density at radius 3 is 2.95 bits per heavy atom. The number of aromatic nitrogens is 1. The summed E-state index contributed by atoms with van der Waals surface area (Å²) in [7, 11) is 0. The van der Waals surface area contributed by atoms with Gasteiger partial charge in [-0.25, -0.2) is 4.98 Å². The van der Waals surface area contributed by atoms with Crippen LogP contribution in [0.3, 0.4) is 0 Å². The topological polar surface area (TPSA) is 42.0 Å². The van der Waals surface area contributed by atoms with E-state index in [2.05, 4.69) is 10.3 Å². The van der Waals surface area contributed by atoms with E-state index in [1.807, 2.05) is 17.5 Å². The second-order valence-corrected chi connectivity index (χ2v) is 8.07. The van der Waals surface area contributed by atoms with Crippen molar-refractivity contribution in [3.05, 3.63) is 44.9 Å². The quantitative estimate of drug-likeness (QED) is 0.755. The predicted molar refractivity (Wildman–Crippen MR) is 93.0 cm³/mol. The van der Waals surface area contributed by atoms with Gasteiger partial charge in [-0.1, -0.05) is 41.0 Å². The molecule has 22 heavy (non-hydrogen) atoms. The lowest BCUT2D eigenvalue weighted by Gasteiger charge is -2.03. The van der Waals surface area contributed by atoms with E-state index in [1.54, 1.807) is 29.2 Å². The predicted octanol–water partition coefficient (Wildman–Crippen LogP) is 4.56. The zero-order valence-corrected chi connectivity index (χ0v) is 14.8. The lowest BCUT2D eigenvalue weighted by Crippen LogP contribution is -2.27. The molecule has 116 valence electrons. The van der Waals surface area contributed by atoms with Gasteiger partial charge < -0.3 is 5.32 Å². The van der Waals surface area contributed by atoms with Crippen LogP contribution in [-0.4, -0.2) is 16.9 Å². The monoisotopic (exact) mass is 372 g/mol. The Balaban J connectivity index is 1.53. The second kappa shape index (κ2) is 7.21. The molecular formula is C15H14Cl2N2OS2. The first-order valence-corrected chi connectivity index (χ1v) is 9.53. The summed E-state index contributed by atoms with van der Waals surface area (Å²) in [6, 6.07) is 5.90. The number of thioether (sulfide) groups is 1. The summed E-state index contributed by atoms with van der Waals surface area (Å²) in [5.74, 6) is 0.794. The smallest absolute Gasteiger partial charge is 0.226 e. The van der Waals surface area contributed by atoms with E-state index in [4.69, 9.17) is 23.2 Å². The van der Waals surface area contributed by atoms with Gasteiger partial charge in [0.25, 0.3) is 0 Å². The highest BCUT2D eigenvalue weighted by Crippen LogP contribution is 2.30. The second-order valence-electron chi connectivity index (χ2n) is 5.15. The SMILES string of the molecule is O=C(Cc1csc(SCc2ccc(Cl)cc2Cl)n1)NC1CC1. The van der Waals surface area contributed by atoms with Crippen LogP contribution in [0.4, 0.5) is 0 Å². The first kappa shape index (κ1) is 16.1. The molecule has 0 radical (unpaired) electrons. The fourth-order valence-electron chi connectivity index (χ4n) is 1.88. The Kier molecular flexibility index (Phi) is 5.29. The van der Waals surface area contributed by atoms with Gasteiger partial charge in [0.2, 0.25) is 5.91 Å². The van der Waals surface area contributed by atoms with E-state index >= 15 is 0 Å². The number of carbonyl (C=O) groups is 1. The molecule has 0 unspecified atom stereocenters. The minimum absolute atomic E-state index is 0.0603. The van der Waals surface area contributed by atoms with E-state index in [0.29, 0.717) is 22.5 Å². The molecule has 0 bridgehead atoms. The maximum absolute atomic E-state index is 11.7. The molecule has 1 fully saturated rings. The Bertz CT molecular complexity index is 686. The Hall–Kier alpha value is -0.750. The molecule has 0 saturated heterocycles. The molecule has 1 N–H and O–H groups in total. The third kappa shape index (κ3) is 4.62. The van der Waals surface area contributed by atoms with Gasteiger partial charge in [-0.15, -0.1) is 11.3 Å². The van der Waals surface area contributed by atoms with Gasteiger partial charge in [0.1, 0.15) is 4.34 Å². The summed E-state index contributed by atoms with van der Waals surface area (Å²) in [6.07, 6.45) is 2.56. The number of halogens is 2. The number of nitrogens with one attached hydrogen (secondary N) is 1. The van der Waals surface area contributed by atoms with Gasteiger partial charge in [0.15, 0.2) is 0 Å². The largest absolute Gasteiger partial charge is 0.353 e. The average molecular weight is 373 g/mol. The van der Waals surface area contributed by atoms with Crippen molar-refractivity contribution >= 4 is 52.2 Å². The van der Waals surface area contributed by atoms with Crippen LogP contribution in [0.25, 0.3) is 0 Å². The normalized spacial score (nSPS) is 14.1. The molecule has 1 saturated carbocycles. The van der Waals surface area contributed by atoms with Crippen molar-refractivity contribution in [2.24, 2.45) is 0 Å². The molecule has 2 aromatic rings. The number of amides is 1. The fraction of sp³-hybridized carbons (Fsp3) is 0.333. The van der Waals surface area contributed by atoms with Crippen LogP contribution in [0, 0.1) is 0 Å². The molecule has 1 amide bonds. The van der Waals surface area contributed by atoms with E-state index in [1.165, 1.54) is 0 Å². The van der Waals surface area contributed by atoms with Crippen LogP contribution in [0.5, 0.6) is 0 Å². The van der Waals surface area contributed by atoms with Crippen LogP contribution in [0.15, 0.2) is 27.9 Å². The Morgan fingerprint density at radius 2 is 2.23 bits per heavy atom. The van der Waals surface area contributed by atoms with Crippen LogP contribution in [0.2, 0.25) is 10.0 Å². The Morgan fingerprint density at radius 1 is 1.41 bits per heavy atom. The van der Waals surface area contributed by atoms with Crippen molar-refractivity contribution in [2.75, 3.05) is 0 Å². The van der Waals surface area contributed by atoms with Crippen molar-refractivity contribution in [1.82, 2.24) is 10.3 Å². The van der Waals surface area contributed by atoms with Gasteiger partial charge >= 0.3 is 0 Å². The summed E-state index contributed by atoms with van der Waals surface area (Å²) in [5.41, 5.74) is 1.85. The molecule has 0 aliphatic heterocycles. The standard InChI is InChI=1S/C15H14Cl2N2OS2/c16-10-2-1-9(13(17)5-10)7-21-15-19-12(8-22-15)6-14(20)18-11-3-4-11/h1-2,5,8,11H,3-4,6-7H2,(H,18,20). The molecule has 1 aromatic heterocycles. The van der Waals surface area contributed by atoms with E-state index in [0.717, 1.165) is 34.2 Å². The lowest BCUT2D eigenvalue weighted by atomic mass is 10.2. The highest BCUT2D eigenvalue weighted by molar-refractivity contribution is 8.00. The fourth-order valence-corrected chi connectivity index (χ4v) is 4.29. The zero-order valence-electron chi connectivity index (χ0n) is 11.6. The van der Waals surface area contributed by atoms with Gasteiger partial charge in [0, 0.05) is 27.2 Å². The molecule has 1 aliphatic rings. The van der Waals surface area contributed by atoms with Crippen molar-refractivity contribution in [1.29, 1.82) is 0 Å². The van der Waals surface area contributed by atoms with Gasteiger partial charge in [-0.3, -0.25) is 4.79 Å². The molecule has 1 heterocycles. The number of rotatable bonds is 6.